The van der Waals surface area contributed by atoms with Gasteiger partial charge in [-0.3, -0.25) is 4.79 Å². The van der Waals surface area contributed by atoms with E-state index < -0.39 is 0 Å². The molecule has 8 heteroatoms. The largest absolute Gasteiger partial charge is 0.495 e. The van der Waals surface area contributed by atoms with E-state index >= 15 is 0 Å². The summed E-state index contributed by atoms with van der Waals surface area (Å²) in [6.45, 7) is 0.621. The van der Waals surface area contributed by atoms with Crippen LogP contribution in [0.5, 0.6) is 5.75 Å². The summed E-state index contributed by atoms with van der Waals surface area (Å²) in [5.74, 6) is 0.661. The number of para-hydroxylation sites is 2. The molecule has 5 nitrogen and oxygen atoms in total. The van der Waals surface area contributed by atoms with Gasteiger partial charge in [-0.1, -0.05) is 41.4 Å². The van der Waals surface area contributed by atoms with Crippen molar-refractivity contribution in [1.82, 2.24) is 9.55 Å². The third kappa shape index (κ3) is 3.94. The van der Waals surface area contributed by atoms with Gasteiger partial charge in [0.05, 0.1) is 30.4 Å². The molecule has 1 aliphatic heterocycles. The number of rotatable bonds is 5. The Kier molecular flexibility index (Phi) is 5.72. The van der Waals surface area contributed by atoms with Crippen molar-refractivity contribution in [2.75, 3.05) is 18.6 Å². The van der Waals surface area contributed by atoms with Gasteiger partial charge in [0, 0.05) is 34.5 Å². The SMILES string of the molecule is COc1ccc(Cl)cc1N1CC(c2nc3ccccc3n2Cc2c(F)cccc2Cl)CC1=O. The molecule has 0 aliphatic carbocycles. The number of imidazole rings is 1. The van der Waals surface area contributed by atoms with Crippen molar-refractivity contribution in [3.63, 3.8) is 0 Å². The molecule has 1 unspecified atom stereocenters. The van der Waals surface area contributed by atoms with Crippen molar-refractivity contribution >= 4 is 45.8 Å². The van der Waals surface area contributed by atoms with Crippen LogP contribution in [0.3, 0.4) is 0 Å². The normalized spacial score (nSPS) is 16.1. The fourth-order valence-electron chi connectivity index (χ4n) is 4.40. The van der Waals surface area contributed by atoms with Crippen molar-refractivity contribution in [3.05, 3.63) is 87.9 Å². The summed E-state index contributed by atoms with van der Waals surface area (Å²) >= 11 is 12.5. The Morgan fingerprint density at radius 2 is 1.94 bits per heavy atom. The molecule has 168 valence electrons. The molecule has 0 radical (unpaired) electrons. The smallest absolute Gasteiger partial charge is 0.227 e. The summed E-state index contributed by atoms with van der Waals surface area (Å²) in [5, 5.41) is 0.870. The van der Waals surface area contributed by atoms with E-state index in [4.69, 9.17) is 32.9 Å². The molecule has 1 saturated heterocycles. The van der Waals surface area contributed by atoms with Crippen molar-refractivity contribution in [3.8, 4) is 5.75 Å². The summed E-state index contributed by atoms with van der Waals surface area (Å²) < 4.78 is 22.0. The van der Waals surface area contributed by atoms with Gasteiger partial charge in [-0.2, -0.15) is 0 Å². The third-order valence-corrected chi connectivity index (χ3v) is 6.57. The van der Waals surface area contributed by atoms with E-state index in [9.17, 15) is 9.18 Å². The first-order valence-electron chi connectivity index (χ1n) is 10.5. The molecule has 0 spiro atoms. The number of fused-ring (bicyclic) bond motifs is 1. The summed E-state index contributed by atoms with van der Waals surface area (Å²) in [7, 11) is 1.56. The zero-order valence-electron chi connectivity index (χ0n) is 17.8. The van der Waals surface area contributed by atoms with E-state index in [0.717, 1.165) is 11.0 Å². The van der Waals surface area contributed by atoms with Gasteiger partial charge in [0.15, 0.2) is 0 Å². The molecule has 1 aromatic heterocycles. The van der Waals surface area contributed by atoms with Crippen LogP contribution in [0.2, 0.25) is 10.0 Å². The predicted molar refractivity (Wildman–Crippen MR) is 128 cm³/mol. The third-order valence-electron chi connectivity index (χ3n) is 5.98. The first-order chi connectivity index (χ1) is 16.0. The Hall–Kier alpha value is -3.09. The molecule has 1 amide bonds. The summed E-state index contributed by atoms with van der Waals surface area (Å²) in [6.07, 6.45) is 0.268. The maximum atomic E-state index is 14.6. The van der Waals surface area contributed by atoms with Crippen molar-refractivity contribution in [2.24, 2.45) is 0 Å². The molecule has 4 aromatic rings. The molecule has 1 atom stereocenters. The second-order valence-electron chi connectivity index (χ2n) is 7.97. The number of anilines is 1. The highest BCUT2D eigenvalue weighted by molar-refractivity contribution is 6.31. The number of aromatic nitrogens is 2. The van der Waals surface area contributed by atoms with Gasteiger partial charge in [-0.15, -0.1) is 0 Å². The van der Waals surface area contributed by atoms with Gasteiger partial charge in [0.25, 0.3) is 0 Å². The van der Waals surface area contributed by atoms with Crippen LogP contribution in [0.4, 0.5) is 10.1 Å². The Labute approximate surface area is 200 Å². The molecule has 1 fully saturated rings. The minimum Gasteiger partial charge on any atom is -0.495 e. The molecule has 5 rings (SSSR count). The number of hydrogen-bond donors (Lipinski definition) is 0. The molecular weight excluding hydrogens is 464 g/mol. The minimum atomic E-state index is -0.376. The van der Waals surface area contributed by atoms with E-state index in [2.05, 4.69) is 0 Å². The van der Waals surface area contributed by atoms with E-state index in [1.54, 1.807) is 42.3 Å². The number of halogens is 3. The molecule has 0 N–H and O–H groups in total. The predicted octanol–water partition coefficient (Wildman–Crippen LogP) is 6.06. The highest BCUT2D eigenvalue weighted by Gasteiger charge is 2.36. The first-order valence-corrected chi connectivity index (χ1v) is 11.2. The number of benzene rings is 3. The van der Waals surface area contributed by atoms with Crippen molar-refractivity contribution < 1.29 is 13.9 Å². The monoisotopic (exact) mass is 483 g/mol. The number of ether oxygens (including phenoxy) is 1. The van der Waals surface area contributed by atoms with Crippen molar-refractivity contribution in [1.29, 1.82) is 0 Å². The molecule has 33 heavy (non-hydrogen) atoms. The van der Waals surface area contributed by atoms with Crippen LogP contribution < -0.4 is 9.64 Å². The Morgan fingerprint density at radius 1 is 1.12 bits per heavy atom. The standard InChI is InChI=1S/C25H20Cl2FN3O2/c1-33-23-10-9-16(26)12-22(23)30-13-15(11-24(30)32)25-29-20-7-2-3-8-21(20)31(25)14-17-18(27)5-4-6-19(17)28/h2-10,12,15H,11,13-14H2,1H3. The highest BCUT2D eigenvalue weighted by Crippen LogP contribution is 2.39. The van der Waals surface area contributed by atoms with Gasteiger partial charge in [0.1, 0.15) is 17.4 Å². The molecule has 0 bridgehead atoms. The van der Waals surface area contributed by atoms with Gasteiger partial charge >= 0.3 is 0 Å². The van der Waals surface area contributed by atoms with E-state index in [1.165, 1.54) is 6.07 Å². The molecule has 3 aromatic carbocycles. The van der Waals surface area contributed by atoms with Crippen LogP contribution in [-0.4, -0.2) is 29.1 Å². The average molecular weight is 484 g/mol. The highest BCUT2D eigenvalue weighted by atomic mass is 35.5. The van der Waals surface area contributed by atoms with Crippen LogP contribution in [0.25, 0.3) is 11.0 Å². The number of hydrogen-bond acceptors (Lipinski definition) is 3. The molecule has 2 heterocycles. The summed E-state index contributed by atoms with van der Waals surface area (Å²) in [5.41, 5.74) is 2.66. The fraction of sp³-hybridized carbons (Fsp3) is 0.200. The van der Waals surface area contributed by atoms with Gasteiger partial charge < -0.3 is 14.2 Å². The van der Waals surface area contributed by atoms with E-state index in [0.29, 0.717) is 39.4 Å². The lowest BCUT2D eigenvalue weighted by Gasteiger charge is -2.20. The summed E-state index contributed by atoms with van der Waals surface area (Å²) in [6, 6.07) is 17.5. The number of amides is 1. The van der Waals surface area contributed by atoms with Crippen LogP contribution in [-0.2, 0) is 11.3 Å². The van der Waals surface area contributed by atoms with E-state index in [1.807, 2.05) is 28.8 Å². The van der Waals surface area contributed by atoms with Crippen LogP contribution >= 0.6 is 23.2 Å². The minimum absolute atomic E-state index is 0.0527. The lowest BCUT2D eigenvalue weighted by atomic mass is 10.1. The Morgan fingerprint density at radius 3 is 2.73 bits per heavy atom. The lowest BCUT2D eigenvalue weighted by molar-refractivity contribution is -0.117. The molecule has 0 saturated carbocycles. The number of methoxy groups -OCH3 is 1. The Balaban J connectivity index is 1.57. The maximum absolute atomic E-state index is 14.6. The number of nitrogens with zero attached hydrogens (tertiary/aromatic N) is 3. The van der Waals surface area contributed by atoms with Gasteiger partial charge in [-0.25, -0.2) is 9.37 Å². The zero-order valence-corrected chi connectivity index (χ0v) is 19.3. The summed E-state index contributed by atoms with van der Waals surface area (Å²) in [4.78, 5) is 19.5. The van der Waals surface area contributed by atoms with E-state index in [-0.39, 0.29) is 30.6 Å². The number of carbonyl (C=O) groups excluding carboxylic acids is 1. The average Bonchev–Trinajstić information content (AvgIpc) is 3.36. The lowest BCUT2D eigenvalue weighted by Crippen LogP contribution is -2.25. The molecular formula is C25H20Cl2FN3O2. The molecule has 1 aliphatic rings. The topological polar surface area (TPSA) is 47.4 Å². The van der Waals surface area contributed by atoms with Gasteiger partial charge in [0.2, 0.25) is 5.91 Å². The fourth-order valence-corrected chi connectivity index (χ4v) is 4.79. The van der Waals surface area contributed by atoms with Gasteiger partial charge in [-0.05, 0) is 42.5 Å². The van der Waals surface area contributed by atoms with Crippen LogP contribution in [0, 0.1) is 5.82 Å². The van der Waals surface area contributed by atoms with Crippen LogP contribution in [0.15, 0.2) is 60.7 Å². The number of carbonyl (C=O) groups is 1. The van der Waals surface area contributed by atoms with Crippen molar-refractivity contribution in [2.45, 2.75) is 18.9 Å². The first kappa shape index (κ1) is 21.7. The second kappa shape index (κ2) is 8.69. The zero-order chi connectivity index (χ0) is 23.1. The Bertz CT molecular complexity index is 1350. The second-order valence-corrected chi connectivity index (χ2v) is 8.81. The van der Waals surface area contributed by atoms with Crippen LogP contribution in [0.1, 0.15) is 23.7 Å². The quantitative estimate of drug-likeness (QED) is 0.346. The maximum Gasteiger partial charge on any atom is 0.227 e.